The zero-order chi connectivity index (χ0) is 14.3. The standard InChI is InChI=1S/C15H16N4O/c1-9(2)7-19-8-17-12-13(15(16)20)18-11-6-4-3-5-10(11)14(12)19/h3-6,8-9H,7H2,1-2H3,(H2,16,20). The van der Waals surface area contributed by atoms with E-state index >= 15 is 0 Å². The number of nitrogens with two attached hydrogens (primary N) is 1. The second-order valence-corrected chi connectivity index (χ2v) is 5.33. The van der Waals surface area contributed by atoms with Gasteiger partial charge in [-0.05, 0) is 12.0 Å². The summed E-state index contributed by atoms with van der Waals surface area (Å²) in [5.74, 6) is -0.0631. The van der Waals surface area contributed by atoms with Crippen molar-refractivity contribution in [1.82, 2.24) is 14.5 Å². The number of amides is 1. The molecule has 0 saturated carbocycles. The largest absolute Gasteiger partial charge is 0.364 e. The lowest BCUT2D eigenvalue weighted by molar-refractivity contribution is 0.0997. The number of hydrogen-bond acceptors (Lipinski definition) is 3. The fraction of sp³-hybridized carbons (Fsp3) is 0.267. The summed E-state index contributed by atoms with van der Waals surface area (Å²) in [6.07, 6.45) is 1.76. The highest BCUT2D eigenvalue weighted by Crippen LogP contribution is 2.26. The highest BCUT2D eigenvalue weighted by atomic mass is 16.1. The van der Waals surface area contributed by atoms with Crippen LogP contribution in [0.25, 0.3) is 21.9 Å². The van der Waals surface area contributed by atoms with Crippen LogP contribution in [0, 0.1) is 5.92 Å². The summed E-state index contributed by atoms with van der Waals surface area (Å²) < 4.78 is 2.07. The average molecular weight is 268 g/mol. The van der Waals surface area contributed by atoms with Crippen LogP contribution in [-0.4, -0.2) is 20.4 Å². The fourth-order valence-electron chi connectivity index (χ4n) is 2.49. The second kappa shape index (κ2) is 4.59. The van der Waals surface area contributed by atoms with E-state index in [0.717, 1.165) is 23.0 Å². The number of fused-ring (bicyclic) bond motifs is 3. The number of pyridine rings is 1. The molecule has 0 bridgehead atoms. The van der Waals surface area contributed by atoms with Gasteiger partial charge in [0.2, 0.25) is 0 Å². The molecular weight excluding hydrogens is 252 g/mol. The Hall–Kier alpha value is -2.43. The third kappa shape index (κ3) is 1.91. The Balaban J connectivity index is 2.43. The van der Waals surface area contributed by atoms with Gasteiger partial charge < -0.3 is 10.3 Å². The molecule has 5 nitrogen and oxygen atoms in total. The molecular formula is C15H16N4O. The van der Waals surface area contributed by atoms with Gasteiger partial charge in [0, 0.05) is 11.9 Å². The molecule has 0 saturated heterocycles. The Morgan fingerprint density at radius 1 is 1.35 bits per heavy atom. The first-order valence-electron chi connectivity index (χ1n) is 6.61. The number of hydrogen-bond donors (Lipinski definition) is 1. The molecule has 1 aromatic carbocycles. The Morgan fingerprint density at radius 2 is 2.10 bits per heavy atom. The van der Waals surface area contributed by atoms with E-state index in [4.69, 9.17) is 5.73 Å². The van der Waals surface area contributed by atoms with E-state index in [1.165, 1.54) is 0 Å². The van der Waals surface area contributed by atoms with Gasteiger partial charge in [-0.2, -0.15) is 0 Å². The third-order valence-electron chi connectivity index (χ3n) is 3.25. The van der Waals surface area contributed by atoms with Crippen LogP contribution < -0.4 is 5.73 Å². The van der Waals surface area contributed by atoms with E-state index < -0.39 is 5.91 Å². The summed E-state index contributed by atoms with van der Waals surface area (Å²) in [7, 11) is 0. The Labute approximate surface area is 116 Å². The molecule has 2 N–H and O–H groups in total. The number of imidazole rings is 1. The monoisotopic (exact) mass is 268 g/mol. The molecule has 20 heavy (non-hydrogen) atoms. The minimum atomic E-state index is -0.546. The molecule has 0 unspecified atom stereocenters. The predicted molar refractivity (Wildman–Crippen MR) is 78.4 cm³/mol. The van der Waals surface area contributed by atoms with Crippen molar-refractivity contribution in [2.45, 2.75) is 20.4 Å². The topological polar surface area (TPSA) is 73.8 Å². The highest BCUT2D eigenvalue weighted by molar-refractivity contribution is 6.11. The maximum atomic E-state index is 11.6. The molecule has 0 aliphatic heterocycles. The molecule has 3 rings (SSSR count). The molecule has 0 aliphatic rings. The van der Waals surface area contributed by atoms with Crippen molar-refractivity contribution in [1.29, 1.82) is 0 Å². The number of aromatic nitrogens is 3. The SMILES string of the molecule is CC(C)Cn1cnc2c(C(N)=O)nc3ccccc3c21. The molecule has 0 atom stereocenters. The van der Waals surface area contributed by atoms with Gasteiger partial charge in [0.15, 0.2) is 5.69 Å². The number of para-hydroxylation sites is 1. The van der Waals surface area contributed by atoms with Crippen molar-refractivity contribution in [3.05, 3.63) is 36.3 Å². The van der Waals surface area contributed by atoms with Gasteiger partial charge in [-0.15, -0.1) is 0 Å². The van der Waals surface area contributed by atoms with Crippen molar-refractivity contribution in [3.8, 4) is 0 Å². The lowest BCUT2D eigenvalue weighted by Gasteiger charge is -2.09. The van der Waals surface area contributed by atoms with Gasteiger partial charge in [0.05, 0.1) is 17.4 Å². The van der Waals surface area contributed by atoms with E-state index in [0.29, 0.717) is 11.4 Å². The van der Waals surface area contributed by atoms with Gasteiger partial charge in [-0.25, -0.2) is 9.97 Å². The number of primary amides is 1. The Morgan fingerprint density at radius 3 is 2.80 bits per heavy atom. The van der Waals surface area contributed by atoms with Crippen LogP contribution in [0.15, 0.2) is 30.6 Å². The molecule has 0 aliphatic carbocycles. The van der Waals surface area contributed by atoms with Crippen molar-refractivity contribution in [2.24, 2.45) is 11.7 Å². The summed E-state index contributed by atoms with van der Waals surface area (Å²) in [6, 6.07) is 7.73. The minimum absolute atomic E-state index is 0.237. The lowest BCUT2D eigenvalue weighted by Crippen LogP contribution is -2.14. The first-order chi connectivity index (χ1) is 9.58. The molecule has 1 amide bonds. The normalized spacial score (nSPS) is 11.6. The Kier molecular flexibility index (Phi) is 2.89. The molecule has 2 aromatic heterocycles. The predicted octanol–water partition coefficient (Wildman–Crippen LogP) is 2.34. The highest BCUT2D eigenvalue weighted by Gasteiger charge is 2.17. The number of rotatable bonds is 3. The van der Waals surface area contributed by atoms with Crippen molar-refractivity contribution in [3.63, 3.8) is 0 Å². The smallest absolute Gasteiger partial charge is 0.269 e. The molecule has 102 valence electrons. The van der Waals surface area contributed by atoms with Crippen LogP contribution in [0.5, 0.6) is 0 Å². The van der Waals surface area contributed by atoms with Crippen molar-refractivity contribution >= 4 is 27.8 Å². The lowest BCUT2D eigenvalue weighted by atomic mass is 10.1. The maximum absolute atomic E-state index is 11.6. The van der Waals surface area contributed by atoms with Crippen molar-refractivity contribution < 1.29 is 4.79 Å². The minimum Gasteiger partial charge on any atom is -0.364 e. The van der Waals surface area contributed by atoms with Crippen LogP contribution in [0.1, 0.15) is 24.3 Å². The number of benzene rings is 1. The second-order valence-electron chi connectivity index (χ2n) is 5.33. The van der Waals surface area contributed by atoms with E-state index in [-0.39, 0.29) is 5.69 Å². The Bertz CT molecular complexity index is 804. The van der Waals surface area contributed by atoms with Crippen LogP contribution in [0.2, 0.25) is 0 Å². The van der Waals surface area contributed by atoms with Crippen LogP contribution in [-0.2, 0) is 6.54 Å². The number of carbonyl (C=O) groups is 1. The number of carbonyl (C=O) groups excluding carboxylic acids is 1. The van der Waals surface area contributed by atoms with Crippen LogP contribution in [0.3, 0.4) is 0 Å². The van der Waals surface area contributed by atoms with E-state index in [2.05, 4.69) is 28.4 Å². The van der Waals surface area contributed by atoms with E-state index in [9.17, 15) is 4.79 Å². The first-order valence-corrected chi connectivity index (χ1v) is 6.61. The third-order valence-corrected chi connectivity index (χ3v) is 3.25. The molecule has 2 heterocycles. The maximum Gasteiger partial charge on any atom is 0.269 e. The van der Waals surface area contributed by atoms with Gasteiger partial charge in [0.1, 0.15) is 5.52 Å². The summed E-state index contributed by atoms with van der Waals surface area (Å²) in [6.45, 7) is 5.12. The molecule has 5 heteroatoms. The molecule has 0 spiro atoms. The summed E-state index contributed by atoms with van der Waals surface area (Å²) in [5, 5.41) is 0.991. The zero-order valence-electron chi connectivity index (χ0n) is 11.5. The number of nitrogens with zero attached hydrogens (tertiary/aromatic N) is 3. The van der Waals surface area contributed by atoms with Gasteiger partial charge in [-0.3, -0.25) is 4.79 Å². The van der Waals surface area contributed by atoms with Crippen LogP contribution >= 0.6 is 0 Å². The van der Waals surface area contributed by atoms with Crippen LogP contribution in [0.4, 0.5) is 0 Å². The molecule has 3 aromatic rings. The van der Waals surface area contributed by atoms with Gasteiger partial charge >= 0.3 is 0 Å². The van der Waals surface area contributed by atoms with Gasteiger partial charge in [-0.1, -0.05) is 32.0 Å². The summed E-state index contributed by atoms with van der Waals surface area (Å²) in [5.41, 5.74) is 7.94. The molecule has 0 fully saturated rings. The average Bonchev–Trinajstić information content (AvgIpc) is 2.81. The summed E-state index contributed by atoms with van der Waals surface area (Å²) in [4.78, 5) is 20.3. The summed E-state index contributed by atoms with van der Waals surface area (Å²) >= 11 is 0. The fourth-order valence-corrected chi connectivity index (χ4v) is 2.49. The molecule has 0 radical (unpaired) electrons. The zero-order valence-corrected chi connectivity index (χ0v) is 11.5. The van der Waals surface area contributed by atoms with Crippen molar-refractivity contribution in [2.75, 3.05) is 0 Å². The quantitative estimate of drug-likeness (QED) is 0.792. The van der Waals surface area contributed by atoms with E-state index in [1.807, 2.05) is 24.3 Å². The van der Waals surface area contributed by atoms with E-state index in [1.54, 1.807) is 6.33 Å². The van der Waals surface area contributed by atoms with Gasteiger partial charge in [0.25, 0.3) is 5.91 Å². The first kappa shape index (κ1) is 12.6.